The van der Waals surface area contributed by atoms with Crippen LogP contribution in [0.5, 0.6) is 0 Å². The number of carbonyl (C=O) groups excluding carboxylic acids is 2. The average molecular weight is 775 g/mol. The molecule has 328 valence electrons. The van der Waals surface area contributed by atoms with Gasteiger partial charge in [0.15, 0.2) is 0 Å². The number of hydrogen-bond acceptors (Lipinski definition) is 3. The Kier molecular flexibility index (Phi) is 45.1. The predicted molar refractivity (Wildman–Crippen MR) is 244 cm³/mol. The maximum absolute atomic E-state index is 12.2. The van der Waals surface area contributed by atoms with E-state index in [0.29, 0.717) is 12.8 Å². The quantitative estimate of drug-likeness (QED) is 0.0351. The number of esters is 2. The molecule has 0 saturated heterocycles. The highest BCUT2D eigenvalue weighted by Crippen LogP contribution is 2.25. The molecule has 0 radical (unpaired) electrons. The molecule has 0 rings (SSSR count). The van der Waals surface area contributed by atoms with Crippen LogP contribution in [0.2, 0.25) is 0 Å². The first-order valence-electron chi connectivity index (χ1n) is 25.7. The van der Waals surface area contributed by atoms with E-state index in [0.717, 1.165) is 37.5 Å². The molecule has 0 aliphatic rings. The Morgan fingerprint density at radius 2 is 0.527 bits per heavy atom. The molecular formula is C52H102O3. The van der Waals surface area contributed by atoms with Crippen molar-refractivity contribution >= 4 is 11.9 Å². The highest BCUT2D eigenvalue weighted by Gasteiger charge is 2.11. The summed E-state index contributed by atoms with van der Waals surface area (Å²) in [5.74, 6) is 1.19. The first kappa shape index (κ1) is 54.1. The van der Waals surface area contributed by atoms with E-state index in [9.17, 15) is 9.59 Å². The van der Waals surface area contributed by atoms with Gasteiger partial charge in [-0.05, 0) is 24.7 Å². The molecule has 1 unspecified atom stereocenters. The third-order valence-corrected chi connectivity index (χ3v) is 12.3. The van der Waals surface area contributed by atoms with Crippen LogP contribution in [0, 0.1) is 11.8 Å². The number of rotatable bonds is 46. The van der Waals surface area contributed by atoms with E-state index in [-0.39, 0.29) is 11.9 Å². The van der Waals surface area contributed by atoms with Gasteiger partial charge in [0.2, 0.25) is 0 Å². The molecule has 0 amide bonds. The van der Waals surface area contributed by atoms with Gasteiger partial charge < -0.3 is 4.74 Å². The van der Waals surface area contributed by atoms with Crippen LogP contribution in [0.15, 0.2) is 0 Å². The summed E-state index contributed by atoms with van der Waals surface area (Å²) in [6.45, 7) is 9.29. The van der Waals surface area contributed by atoms with Crippen molar-refractivity contribution < 1.29 is 14.3 Å². The Morgan fingerprint density at radius 1 is 0.309 bits per heavy atom. The van der Waals surface area contributed by atoms with Gasteiger partial charge in [0.05, 0.1) is 0 Å². The molecular weight excluding hydrogens is 673 g/mol. The molecule has 0 saturated carbocycles. The van der Waals surface area contributed by atoms with Gasteiger partial charge in [-0.3, -0.25) is 9.59 Å². The summed E-state index contributed by atoms with van der Waals surface area (Å²) in [6.07, 6.45) is 57.7. The third-order valence-electron chi connectivity index (χ3n) is 12.3. The van der Waals surface area contributed by atoms with Gasteiger partial charge in [-0.15, -0.1) is 0 Å². The van der Waals surface area contributed by atoms with Gasteiger partial charge >= 0.3 is 11.9 Å². The topological polar surface area (TPSA) is 43.4 Å². The second-order valence-corrected chi connectivity index (χ2v) is 18.5. The van der Waals surface area contributed by atoms with Crippen molar-refractivity contribution in [2.45, 2.75) is 310 Å². The van der Waals surface area contributed by atoms with E-state index in [1.807, 2.05) is 0 Å². The molecule has 3 heteroatoms. The van der Waals surface area contributed by atoms with Crippen LogP contribution in [0.25, 0.3) is 0 Å². The molecule has 1 atom stereocenters. The van der Waals surface area contributed by atoms with E-state index >= 15 is 0 Å². The Labute approximate surface area is 347 Å². The minimum Gasteiger partial charge on any atom is -0.393 e. The zero-order valence-corrected chi connectivity index (χ0v) is 38.5. The molecule has 0 spiro atoms. The Hall–Kier alpha value is -0.860. The summed E-state index contributed by atoms with van der Waals surface area (Å²) in [7, 11) is 0. The first-order chi connectivity index (χ1) is 27.0. The molecule has 3 nitrogen and oxygen atoms in total. The molecule has 0 N–H and O–H groups in total. The van der Waals surface area contributed by atoms with Crippen molar-refractivity contribution in [3.05, 3.63) is 0 Å². The zero-order valence-electron chi connectivity index (χ0n) is 38.5. The van der Waals surface area contributed by atoms with Crippen LogP contribution >= 0.6 is 0 Å². The van der Waals surface area contributed by atoms with Crippen molar-refractivity contribution in [1.29, 1.82) is 0 Å². The summed E-state index contributed by atoms with van der Waals surface area (Å²) >= 11 is 0. The maximum Gasteiger partial charge on any atom is 0.313 e. The molecule has 0 aliphatic carbocycles. The van der Waals surface area contributed by atoms with E-state index in [1.165, 1.54) is 244 Å². The summed E-state index contributed by atoms with van der Waals surface area (Å²) in [5, 5.41) is 0. The Bertz CT molecular complexity index is 760. The SMILES string of the molecule is CCCCCCCCCCCCCCCCCC(=O)OC(=O)CCCCCCCCCC(CCCCCCC)CCCCCCCCCCCCCC(C)C. The number of carbonyl (C=O) groups is 2. The highest BCUT2D eigenvalue weighted by molar-refractivity contribution is 5.85. The molecule has 0 heterocycles. The number of hydrogen-bond donors (Lipinski definition) is 0. The fourth-order valence-electron chi connectivity index (χ4n) is 8.50. The first-order valence-corrected chi connectivity index (χ1v) is 25.7. The van der Waals surface area contributed by atoms with Crippen LogP contribution in [-0.2, 0) is 14.3 Å². The summed E-state index contributed by atoms with van der Waals surface area (Å²) < 4.78 is 5.10. The molecule has 0 fully saturated rings. The fourth-order valence-corrected chi connectivity index (χ4v) is 8.50. The zero-order chi connectivity index (χ0) is 40.1. The van der Waals surface area contributed by atoms with E-state index in [2.05, 4.69) is 27.7 Å². The Balaban J connectivity index is 3.73. The lowest BCUT2D eigenvalue weighted by atomic mass is 9.89. The van der Waals surface area contributed by atoms with E-state index < -0.39 is 0 Å². The van der Waals surface area contributed by atoms with Gasteiger partial charge in [-0.25, -0.2) is 0 Å². The smallest absolute Gasteiger partial charge is 0.313 e. The van der Waals surface area contributed by atoms with Gasteiger partial charge in [0.1, 0.15) is 0 Å². The molecule has 55 heavy (non-hydrogen) atoms. The molecule has 0 aliphatic heterocycles. The second kappa shape index (κ2) is 45.8. The van der Waals surface area contributed by atoms with Gasteiger partial charge in [0.25, 0.3) is 0 Å². The van der Waals surface area contributed by atoms with E-state index in [1.54, 1.807) is 0 Å². The van der Waals surface area contributed by atoms with Crippen LogP contribution in [0.1, 0.15) is 310 Å². The van der Waals surface area contributed by atoms with E-state index in [4.69, 9.17) is 4.74 Å². The predicted octanol–water partition coefficient (Wildman–Crippen LogP) is 18.5. The lowest BCUT2D eigenvalue weighted by Gasteiger charge is -2.17. The van der Waals surface area contributed by atoms with Crippen molar-refractivity contribution in [3.8, 4) is 0 Å². The van der Waals surface area contributed by atoms with Gasteiger partial charge in [-0.2, -0.15) is 0 Å². The maximum atomic E-state index is 12.2. The molecule has 0 bridgehead atoms. The Morgan fingerprint density at radius 3 is 0.782 bits per heavy atom. The van der Waals surface area contributed by atoms with Crippen LogP contribution < -0.4 is 0 Å². The van der Waals surface area contributed by atoms with Crippen LogP contribution in [0.3, 0.4) is 0 Å². The number of unbranched alkanes of at least 4 members (excludes halogenated alkanes) is 34. The van der Waals surface area contributed by atoms with Gasteiger partial charge in [-0.1, -0.05) is 285 Å². The van der Waals surface area contributed by atoms with Crippen molar-refractivity contribution in [2.75, 3.05) is 0 Å². The lowest BCUT2D eigenvalue weighted by Crippen LogP contribution is -2.11. The van der Waals surface area contributed by atoms with Crippen LogP contribution in [0.4, 0.5) is 0 Å². The minimum atomic E-state index is -0.317. The summed E-state index contributed by atoms with van der Waals surface area (Å²) in [4.78, 5) is 24.3. The largest absolute Gasteiger partial charge is 0.393 e. The van der Waals surface area contributed by atoms with Crippen molar-refractivity contribution in [1.82, 2.24) is 0 Å². The van der Waals surface area contributed by atoms with Crippen molar-refractivity contribution in [2.24, 2.45) is 11.8 Å². The molecule has 0 aromatic heterocycles. The number of ether oxygens (including phenoxy) is 1. The monoisotopic (exact) mass is 775 g/mol. The minimum absolute atomic E-state index is 0.315. The lowest BCUT2D eigenvalue weighted by molar-refractivity contribution is -0.159. The molecule has 0 aromatic carbocycles. The van der Waals surface area contributed by atoms with Crippen molar-refractivity contribution in [3.63, 3.8) is 0 Å². The third kappa shape index (κ3) is 45.7. The average Bonchev–Trinajstić information content (AvgIpc) is 3.16. The van der Waals surface area contributed by atoms with Crippen LogP contribution in [-0.4, -0.2) is 11.9 Å². The fraction of sp³-hybridized carbons (Fsp3) is 0.962. The normalized spacial score (nSPS) is 12.2. The second-order valence-electron chi connectivity index (χ2n) is 18.5. The summed E-state index contributed by atoms with van der Waals surface area (Å²) in [5.41, 5.74) is 0. The highest BCUT2D eigenvalue weighted by atomic mass is 16.6. The standard InChI is InChI=1S/C52H102O3/c1-5-7-9-11-12-13-14-15-16-17-21-24-29-35-41-47-51(53)55-52(54)48-42-36-30-25-28-34-40-46-50(44-38-31-10-8-6-2)45-39-33-27-23-20-18-19-22-26-32-37-43-49(3)4/h49-50H,5-48H2,1-4H3. The summed E-state index contributed by atoms with van der Waals surface area (Å²) in [6, 6.07) is 0. The molecule has 0 aromatic rings. The van der Waals surface area contributed by atoms with Gasteiger partial charge in [0, 0.05) is 12.8 Å².